The Bertz CT molecular complexity index is 1990. The Morgan fingerprint density at radius 2 is 1.45 bits per heavy atom. The van der Waals surface area contributed by atoms with Crippen LogP contribution in [-0.2, 0) is 27.9 Å². The van der Waals surface area contributed by atoms with Gasteiger partial charge < -0.3 is 20.1 Å². The lowest BCUT2D eigenvalue weighted by molar-refractivity contribution is -0.142. The van der Waals surface area contributed by atoms with Gasteiger partial charge in [0.25, 0.3) is 5.91 Å². The standard InChI is InChI=1S/C46H49ClN2O4/c1-46(2,3)37-21-24-39(25-22-37)53-40-12-8-9-32(27-40)30-48-42-26-23-38(47)29-41(42)44(50)49-43(45(51)52-4)28-31-13-15-34(16-14-31)36-19-17-35(18-20-36)33-10-6-5-7-11-33/h8-9,12-27,29,33,43,48H,5-7,10-11,28,30H2,1-4H3,(H,49,50). The molecule has 0 heterocycles. The summed E-state index contributed by atoms with van der Waals surface area (Å²) in [5, 5.41) is 6.68. The largest absolute Gasteiger partial charge is 0.467 e. The van der Waals surface area contributed by atoms with E-state index in [1.165, 1.54) is 50.3 Å². The summed E-state index contributed by atoms with van der Waals surface area (Å²) in [7, 11) is 1.33. The van der Waals surface area contributed by atoms with Gasteiger partial charge in [-0.15, -0.1) is 0 Å². The first-order valence-electron chi connectivity index (χ1n) is 18.5. The third-order valence-corrected chi connectivity index (χ3v) is 10.3. The van der Waals surface area contributed by atoms with Crippen molar-refractivity contribution in [2.75, 3.05) is 12.4 Å². The lowest BCUT2D eigenvalue weighted by Gasteiger charge is -2.22. The van der Waals surface area contributed by atoms with E-state index in [4.69, 9.17) is 21.1 Å². The number of carbonyl (C=O) groups excluding carboxylic acids is 2. The number of methoxy groups -OCH3 is 1. The molecule has 6 nitrogen and oxygen atoms in total. The van der Waals surface area contributed by atoms with Crippen LogP contribution in [0.2, 0.25) is 5.02 Å². The van der Waals surface area contributed by atoms with Crippen LogP contribution in [0.15, 0.2) is 115 Å². The molecule has 5 aromatic carbocycles. The summed E-state index contributed by atoms with van der Waals surface area (Å²) >= 11 is 6.36. The predicted molar refractivity (Wildman–Crippen MR) is 215 cm³/mol. The van der Waals surface area contributed by atoms with Gasteiger partial charge in [-0.2, -0.15) is 0 Å². The second-order valence-electron chi connectivity index (χ2n) is 15.0. The highest BCUT2D eigenvalue weighted by Crippen LogP contribution is 2.34. The van der Waals surface area contributed by atoms with E-state index >= 15 is 0 Å². The number of esters is 1. The zero-order valence-electron chi connectivity index (χ0n) is 31.1. The first-order chi connectivity index (χ1) is 25.6. The van der Waals surface area contributed by atoms with E-state index in [-0.39, 0.29) is 11.8 Å². The number of anilines is 1. The summed E-state index contributed by atoms with van der Waals surface area (Å²) in [5.74, 6) is 1.18. The van der Waals surface area contributed by atoms with Crippen molar-refractivity contribution in [3.05, 3.63) is 148 Å². The molecular weight excluding hydrogens is 680 g/mol. The van der Waals surface area contributed by atoms with Gasteiger partial charge in [-0.3, -0.25) is 4.79 Å². The maximum Gasteiger partial charge on any atom is 0.328 e. The summed E-state index contributed by atoms with van der Waals surface area (Å²) in [6.45, 7) is 6.98. The van der Waals surface area contributed by atoms with Crippen LogP contribution in [0, 0.1) is 0 Å². The first kappa shape index (κ1) is 37.7. The molecule has 0 bridgehead atoms. The van der Waals surface area contributed by atoms with Crippen LogP contribution in [0.4, 0.5) is 5.69 Å². The lowest BCUT2D eigenvalue weighted by Crippen LogP contribution is -2.43. The molecule has 274 valence electrons. The van der Waals surface area contributed by atoms with Crippen LogP contribution in [0.3, 0.4) is 0 Å². The van der Waals surface area contributed by atoms with Gasteiger partial charge >= 0.3 is 5.97 Å². The molecule has 1 atom stereocenters. The van der Waals surface area contributed by atoms with Crippen molar-refractivity contribution in [1.29, 1.82) is 0 Å². The number of benzene rings is 5. The molecule has 5 aromatic rings. The number of hydrogen-bond donors (Lipinski definition) is 2. The molecule has 7 heteroatoms. The van der Waals surface area contributed by atoms with Gasteiger partial charge in [0.05, 0.1) is 12.7 Å². The molecule has 0 aromatic heterocycles. The van der Waals surface area contributed by atoms with Gasteiger partial charge in [-0.25, -0.2) is 4.79 Å². The molecule has 0 spiro atoms. The van der Waals surface area contributed by atoms with E-state index in [1.807, 2.05) is 48.5 Å². The molecule has 1 amide bonds. The summed E-state index contributed by atoms with van der Waals surface area (Å²) in [6.07, 6.45) is 6.81. The lowest BCUT2D eigenvalue weighted by atomic mass is 9.83. The minimum Gasteiger partial charge on any atom is -0.467 e. The highest BCUT2D eigenvalue weighted by molar-refractivity contribution is 6.31. The van der Waals surface area contributed by atoms with Crippen molar-refractivity contribution >= 4 is 29.2 Å². The van der Waals surface area contributed by atoms with Crippen molar-refractivity contribution in [2.24, 2.45) is 0 Å². The Morgan fingerprint density at radius 3 is 2.11 bits per heavy atom. The van der Waals surface area contributed by atoms with Crippen molar-refractivity contribution in [1.82, 2.24) is 5.32 Å². The zero-order chi connectivity index (χ0) is 37.4. The van der Waals surface area contributed by atoms with Gasteiger partial charge in [-0.1, -0.05) is 124 Å². The normalized spacial score (nSPS) is 13.9. The highest BCUT2D eigenvalue weighted by Gasteiger charge is 2.24. The number of carbonyl (C=O) groups is 2. The molecule has 1 aliphatic carbocycles. The van der Waals surface area contributed by atoms with Crippen LogP contribution in [0.25, 0.3) is 11.1 Å². The van der Waals surface area contributed by atoms with Crippen LogP contribution >= 0.6 is 11.6 Å². The molecule has 1 aliphatic rings. The second-order valence-corrected chi connectivity index (χ2v) is 15.4. The monoisotopic (exact) mass is 728 g/mol. The van der Waals surface area contributed by atoms with Crippen LogP contribution in [0.5, 0.6) is 11.5 Å². The van der Waals surface area contributed by atoms with Gasteiger partial charge in [0.2, 0.25) is 0 Å². The smallest absolute Gasteiger partial charge is 0.328 e. The average Bonchev–Trinajstić information content (AvgIpc) is 3.17. The van der Waals surface area contributed by atoms with Crippen LogP contribution < -0.4 is 15.4 Å². The molecule has 0 saturated heterocycles. The molecule has 53 heavy (non-hydrogen) atoms. The number of amides is 1. The van der Waals surface area contributed by atoms with E-state index in [2.05, 4.69) is 79.9 Å². The number of ether oxygens (including phenoxy) is 2. The number of hydrogen-bond acceptors (Lipinski definition) is 5. The van der Waals surface area contributed by atoms with Crippen LogP contribution in [-0.4, -0.2) is 25.0 Å². The Balaban J connectivity index is 1.10. The Morgan fingerprint density at radius 1 is 0.774 bits per heavy atom. The van der Waals surface area contributed by atoms with Gasteiger partial charge in [-0.05, 0) is 100 Å². The third-order valence-electron chi connectivity index (χ3n) is 10.1. The zero-order valence-corrected chi connectivity index (χ0v) is 31.8. The molecule has 2 N–H and O–H groups in total. The van der Waals surface area contributed by atoms with E-state index < -0.39 is 17.9 Å². The minimum atomic E-state index is -0.897. The summed E-state index contributed by atoms with van der Waals surface area (Å²) in [6, 6.07) is 37.2. The summed E-state index contributed by atoms with van der Waals surface area (Å²) in [5.41, 5.74) is 7.76. The van der Waals surface area contributed by atoms with Gasteiger partial charge in [0.15, 0.2) is 0 Å². The molecule has 0 radical (unpaired) electrons. The number of halogens is 1. The van der Waals surface area contributed by atoms with Gasteiger partial charge in [0, 0.05) is 23.7 Å². The first-order valence-corrected chi connectivity index (χ1v) is 18.9. The maximum atomic E-state index is 13.7. The Hall–Kier alpha value is -5.07. The predicted octanol–water partition coefficient (Wildman–Crippen LogP) is 11.3. The topological polar surface area (TPSA) is 76.7 Å². The second kappa shape index (κ2) is 17.2. The van der Waals surface area contributed by atoms with Crippen molar-refractivity contribution in [3.63, 3.8) is 0 Å². The molecule has 1 saturated carbocycles. The molecule has 6 rings (SSSR count). The Kier molecular flexibility index (Phi) is 12.2. The molecule has 1 fully saturated rings. The van der Waals surface area contributed by atoms with E-state index in [1.54, 1.807) is 18.2 Å². The Labute approximate surface area is 318 Å². The van der Waals surface area contributed by atoms with Crippen molar-refractivity contribution in [3.8, 4) is 22.6 Å². The molecule has 1 unspecified atom stereocenters. The fourth-order valence-corrected chi connectivity index (χ4v) is 7.13. The molecular formula is C46H49ClN2O4. The summed E-state index contributed by atoms with van der Waals surface area (Å²) in [4.78, 5) is 26.7. The number of rotatable bonds is 12. The number of nitrogens with one attached hydrogen (secondary N) is 2. The third kappa shape index (κ3) is 10.1. The quantitative estimate of drug-likeness (QED) is 0.125. The van der Waals surface area contributed by atoms with Crippen LogP contribution in [0.1, 0.15) is 91.4 Å². The molecule has 0 aliphatic heterocycles. The van der Waals surface area contributed by atoms with E-state index in [0.29, 0.717) is 34.5 Å². The van der Waals surface area contributed by atoms with Gasteiger partial charge in [0.1, 0.15) is 17.5 Å². The van der Waals surface area contributed by atoms with E-state index in [0.717, 1.165) is 28.0 Å². The highest BCUT2D eigenvalue weighted by atomic mass is 35.5. The van der Waals surface area contributed by atoms with Crippen molar-refractivity contribution in [2.45, 2.75) is 83.2 Å². The summed E-state index contributed by atoms with van der Waals surface area (Å²) < 4.78 is 11.2. The minimum absolute atomic E-state index is 0.0651. The maximum absolute atomic E-state index is 13.7. The van der Waals surface area contributed by atoms with E-state index in [9.17, 15) is 9.59 Å². The fourth-order valence-electron chi connectivity index (χ4n) is 6.96. The average molecular weight is 729 g/mol. The SMILES string of the molecule is COC(=O)C(Cc1ccc(-c2ccc(C3CCCCC3)cc2)cc1)NC(=O)c1cc(Cl)ccc1NCc1cccc(Oc2ccc(C(C)(C)C)cc2)c1. The fraction of sp³-hybridized carbons (Fsp3) is 0.304. The van der Waals surface area contributed by atoms with Crippen molar-refractivity contribution < 1.29 is 19.1 Å².